The zero-order valence-corrected chi connectivity index (χ0v) is 19.6. The van der Waals surface area contributed by atoms with E-state index in [2.05, 4.69) is 16.9 Å². The summed E-state index contributed by atoms with van der Waals surface area (Å²) in [6.07, 6.45) is 9.96. The van der Waals surface area contributed by atoms with Crippen LogP contribution in [0.25, 0.3) is 17.3 Å². The SMILES string of the molecule is C=C/C=C\c1nc(NC(=O)c2ccnc(-c3ccccc3OC)c2)n([C@H]2CCC[C@@H](O)C2)c1C. The topological polar surface area (TPSA) is 89.3 Å². The van der Waals surface area contributed by atoms with Gasteiger partial charge in [-0.15, -0.1) is 0 Å². The van der Waals surface area contributed by atoms with Crippen LogP contribution < -0.4 is 10.1 Å². The molecule has 34 heavy (non-hydrogen) atoms. The Morgan fingerprint density at radius 2 is 2.12 bits per heavy atom. The lowest BCUT2D eigenvalue weighted by Gasteiger charge is -2.29. The highest BCUT2D eigenvalue weighted by atomic mass is 16.5. The largest absolute Gasteiger partial charge is 0.496 e. The van der Waals surface area contributed by atoms with Crippen LogP contribution in [0.15, 0.2) is 61.3 Å². The maximum atomic E-state index is 13.3. The molecule has 2 aromatic heterocycles. The van der Waals surface area contributed by atoms with Crippen LogP contribution in [0.5, 0.6) is 5.75 Å². The van der Waals surface area contributed by atoms with Crippen LogP contribution >= 0.6 is 0 Å². The Kier molecular flexibility index (Phi) is 7.23. The number of anilines is 1. The Morgan fingerprint density at radius 3 is 2.88 bits per heavy atom. The van der Waals surface area contributed by atoms with E-state index in [0.717, 1.165) is 36.2 Å². The molecule has 2 atom stereocenters. The molecule has 0 bridgehead atoms. The molecule has 0 spiro atoms. The number of rotatable bonds is 7. The smallest absolute Gasteiger partial charge is 0.258 e. The average molecular weight is 459 g/mol. The minimum absolute atomic E-state index is 0.0685. The lowest BCUT2D eigenvalue weighted by atomic mass is 9.92. The first-order valence-electron chi connectivity index (χ1n) is 11.5. The minimum Gasteiger partial charge on any atom is -0.496 e. The first kappa shape index (κ1) is 23.4. The number of nitrogens with one attached hydrogen (secondary N) is 1. The third-order valence-electron chi connectivity index (χ3n) is 6.19. The van der Waals surface area contributed by atoms with Crippen molar-refractivity contribution < 1.29 is 14.6 Å². The zero-order chi connectivity index (χ0) is 24.1. The van der Waals surface area contributed by atoms with Crippen molar-refractivity contribution in [3.8, 4) is 17.0 Å². The number of carbonyl (C=O) groups excluding carboxylic acids is 1. The molecule has 1 aliphatic carbocycles. The highest BCUT2D eigenvalue weighted by Gasteiger charge is 2.27. The first-order chi connectivity index (χ1) is 16.5. The van der Waals surface area contributed by atoms with Crippen LogP contribution in [-0.2, 0) is 0 Å². The van der Waals surface area contributed by atoms with E-state index in [9.17, 15) is 9.90 Å². The number of imidazole rings is 1. The molecular formula is C27H30N4O3. The first-order valence-corrected chi connectivity index (χ1v) is 11.5. The molecule has 0 saturated heterocycles. The summed E-state index contributed by atoms with van der Waals surface area (Å²) in [4.78, 5) is 22.4. The van der Waals surface area contributed by atoms with Crippen molar-refractivity contribution in [3.63, 3.8) is 0 Å². The Morgan fingerprint density at radius 1 is 1.29 bits per heavy atom. The van der Waals surface area contributed by atoms with Crippen molar-refractivity contribution >= 4 is 17.9 Å². The van der Waals surface area contributed by atoms with E-state index in [4.69, 9.17) is 9.72 Å². The molecule has 1 aliphatic rings. The van der Waals surface area contributed by atoms with Gasteiger partial charge in [0.25, 0.3) is 5.91 Å². The van der Waals surface area contributed by atoms with Gasteiger partial charge in [-0.1, -0.05) is 30.9 Å². The van der Waals surface area contributed by atoms with E-state index < -0.39 is 0 Å². The monoisotopic (exact) mass is 458 g/mol. The number of aliphatic hydroxyl groups excluding tert-OH is 1. The maximum absolute atomic E-state index is 13.3. The molecule has 0 radical (unpaired) electrons. The molecule has 1 aromatic carbocycles. The van der Waals surface area contributed by atoms with E-state index in [1.54, 1.807) is 31.5 Å². The third kappa shape index (κ3) is 4.94. The van der Waals surface area contributed by atoms with Gasteiger partial charge < -0.3 is 14.4 Å². The number of hydrogen-bond acceptors (Lipinski definition) is 5. The average Bonchev–Trinajstić information content (AvgIpc) is 3.17. The van der Waals surface area contributed by atoms with Crippen LogP contribution in [0.1, 0.15) is 53.5 Å². The van der Waals surface area contributed by atoms with Crippen LogP contribution in [0.3, 0.4) is 0 Å². The number of allylic oxidation sites excluding steroid dienone is 2. The van der Waals surface area contributed by atoms with E-state index in [-0.39, 0.29) is 18.1 Å². The van der Waals surface area contributed by atoms with Crippen molar-refractivity contribution in [3.05, 3.63) is 78.3 Å². The fourth-order valence-electron chi connectivity index (χ4n) is 4.51. The summed E-state index contributed by atoms with van der Waals surface area (Å²) in [5.74, 6) is 0.884. The fourth-order valence-corrected chi connectivity index (χ4v) is 4.51. The van der Waals surface area contributed by atoms with Gasteiger partial charge in [-0.25, -0.2) is 4.98 Å². The molecular weight excluding hydrogens is 428 g/mol. The number of aliphatic hydroxyl groups is 1. The van der Waals surface area contributed by atoms with Crippen molar-refractivity contribution in [2.24, 2.45) is 0 Å². The number of pyridine rings is 1. The molecule has 7 nitrogen and oxygen atoms in total. The Bertz CT molecular complexity index is 1210. The number of nitrogens with zero attached hydrogens (tertiary/aromatic N) is 3. The lowest BCUT2D eigenvalue weighted by molar-refractivity contribution is 0.101. The van der Waals surface area contributed by atoms with Gasteiger partial charge in [0.05, 0.1) is 24.6 Å². The highest BCUT2D eigenvalue weighted by Crippen LogP contribution is 2.34. The molecule has 2 N–H and O–H groups in total. The Labute approximate surface area is 199 Å². The summed E-state index contributed by atoms with van der Waals surface area (Å²) in [6.45, 7) is 5.71. The summed E-state index contributed by atoms with van der Waals surface area (Å²) in [5.41, 5.74) is 3.63. The van der Waals surface area contributed by atoms with E-state index >= 15 is 0 Å². The molecule has 1 fully saturated rings. The third-order valence-corrected chi connectivity index (χ3v) is 6.19. The van der Waals surface area contributed by atoms with Crippen molar-refractivity contribution in [2.45, 2.75) is 44.8 Å². The summed E-state index contributed by atoms with van der Waals surface area (Å²) in [6, 6.07) is 11.1. The van der Waals surface area contributed by atoms with Crippen molar-refractivity contribution in [1.82, 2.24) is 14.5 Å². The number of ether oxygens (including phenoxy) is 1. The zero-order valence-electron chi connectivity index (χ0n) is 19.6. The number of methoxy groups -OCH3 is 1. The van der Waals surface area contributed by atoms with Gasteiger partial charge in [0.2, 0.25) is 5.95 Å². The predicted molar refractivity (Wildman–Crippen MR) is 134 cm³/mol. The van der Waals surface area contributed by atoms with Crippen LogP contribution in [-0.4, -0.2) is 38.8 Å². The molecule has 7 heteroatoms. The van der Waals surface area contributed by atoms with Gasteiger partial charge in [0.15, 0.2) is 0 Å². The quantitative estimate of drug-likeness (QED) is 0.476. The summed E-state index contributed by atoms with van der Waals surface area (Å²) in [5, 5.41) is 13.2. The predicted octanol–water partition coefficient (Wildman–Crippen LogP) is 5.19. The molecule has 1 saturated carbocycles. The van der Waals surface area contributed by atoms with Gasteiger partial charge in [0.1, 0.15) is 5.75 Å². The molecule has 0 unspecified atom stereocenters. The van der Waals surface area contributed by atoms with E-state index in [1.807, 2.05) is 47.9 Å². The van der Waals surface area contributed by atoms with E-state index in [0.29, 0.717) is 29.4 Å². The number of hydrogen-bond donors (Lipinski definition) is 2. The van der Waals surface area contributed by atoms with Gasteiger partial charge >= 0.3 is 0 Å². The number of aromatic nitrogens is 3. The van der Waals surface area contributed by atoms with Gasteiger partial charge in [-0.2, -0.15) is 0 Å². The maximum Gasteiger partial charge on any atom is 0.258 e. The second kappa shape index (κ2) is 10.5. The van der Waals surface area contributed by atoms with Crippen molar-refractivity contribution in [2.75, 3.05) is 12.4 Å². The van der Waals surface area contributed by atoms with Gasteiger partial charge in [-0.05, 0) is 62.9 Å². The number of amides is 1. The summed E-state index contributed by atoms with van der Waals surface area (Å²) < 4.78 is 7.49. The fraction of sp³-hybridized carbons (Fsp3) is 0.296. The van der Waals surface area contributed by atoms with Crippen LogP contribution in [0, 0.1) is 6.92 Å². The normalized spacial score (nSPS) is 18.1. The highest BCUT2D eigenvalue weighted by molar-refractivity contribution is 6.04. The molecule has 1 amide bonds. The molecule has 4 rings (SSSR count). The Hall–Kier alpha value is -3.71. The number of benzene rings is 1. The van der Waals surface area contributed by atoms with Crippen LogP contribution in [0.2, 0.25) is 0 Å². The summed E-state index contributed by atoms with van der Waals surface area (Å²) in [7, 11) is 1.61. The lowest BCUT2D eigenvalue weighted by Crippen LogP contribution is -2.25. The van der Waals surface area contributed by atoms with Gasteiger partial charge in [-0.3, -0.25) is 15.1 Å². The molecule has 176 valence electrons. The molecule has 2 heterocycles. The van der Waals surface area contributed by atoms with Gasteiger partial charge in [0, 0.05) is 29.1 Å². The second-order valence-electron chi connectivity index (χ2n) is 8.43. The number of para-hydroxylation sites is 1. The van der Waals surface area contributed by atoms with Crippen LogP contribution in [0.4, 0.5) is 5.95 Å². The standard InChI is InChI=1S/C27H30N4O3/c1-4-5-12-23-18(2)31(20-9-8-10-21(32)17-20)27(29-23)30-26(33)19-14-15-28-24(16-19)22-11-6-7-13-25(22)34-3/h4-7,11-16,20-21,32H,1,8-10,17H2,2-3H3,(H,29,30,33)/b12-5-/t20-,21+/m0/s1. The Balaban J connectivity index is 1.66. The second-order valence-corrected chi connectivity index (χ2v) is 8.43. The number of carbonyl (C=O) groups is 1. The molecule has 0 aliphatic heterocycles. The summed E-state index contributed by atoms with van der Waals surface area (Å²) >= 11 is 0. The van der Waals surface area contributed by atoms with Crippen molar-refractivity contribution in [1.29, 1.82) is 0 Å². The van der Waals surface area contributed by atoms with E-state index in [1.165, 1.54) is 0 Å². The minimum atomic E-state index is -0.347. The molecule has 3 aromatic rings.